The molecule has 1 unspecified atom stereocenters. The second-order valence-corrected chi connectivity index (χ2v) is 5.21. The van der Waals surface area contributed by atoms with Crippen LogP contribution in [0.4, 0.5) is 0 Å². The maximum atomic E-state index is 6.22. The molecule has 1 heterocycles. The molecular weight excluding hydrogens is 254 g/mol. The van der Waals surface area contributed by atoms with Crippen molar-refractivity contribution < 1.29 is 9.26 Å². The molecule has 0 saturated heterocycles. The molecule has 1 saturated carbocycles. The van der Waals surface area contributed by atoms with Gasteiger partial charge in [-0.05, 0) is 31.7 Å². The van der Waals surface area contributed by atoms with E-state index in [0.29, 0.717) is 18.3 Å². The first-order valence-electron chi connectivity index (χ1n) is 7.02. The van der Waals surface area contributed by atoms with Crippen LogP contribution in [0.5, 0.6) is 0 Å². The maximum Gasteiger partial charge on any atom is 0.260 e. The van der Waals surface area contributed by atoms with E-state index in [2.05, 4.69) is 10.1 Å². The van der Waals surface area contributed by atoms with E-state index >= 15 is 0 Å². The van der Waals surface area contributed by atoms with E-state index in [1.54, 1.807) is 0 Å². The highest BCUT2D eigenvalue weighted by atomic mass is 16.5. The van der Waals surface area contributed by atoms with Crippen LogP contribution in [0.15, 0.2) is 34.9 Å². The number of benzene rings is 1. The molecule has 0 amide bonds. The lowest BCUT2D eigenvalue weighted by Crippen LogP contribution is -2.44. The Morgan fingerprint density at radius 3 is 2.70 bits per heavy atom. The van der Waals surface area contributed by atoms with Crippen molar-refractivity contribution in [1.82, 2.24) is 10.1 Å². The molecule has 1 aliphatic carbocycles. The van der Waals surface area contributed by atoms with Crippen LogP contribution in [0.3, 0.4) is 0 Å². The van der Waals surface area contributed by atoms with Gasteiger partial charge in [-0.1, -0.05) is 35.5 Å². The Morgan fingerprint density at radius 2 is 2.10 bits per heavy atom. The molecule has 3 rings (SSSR count). The molecule has 1 fully saturated rings. The van der Waals surface area contributed by atoms with Crippen molar-refractivity contribution in [2.75, 3.05) is 6.61 Å². The summed E-state index contributed by atoms with van der Waals surface area (Å²) < 4.78 is 11.1. The Balaban J connectivity index is 1.88. The maximum absolute atomic E-state index is 6.22. The lowest BCUT2D eigenvalue weighted by atomic mass is 9.77. The Labute approximate surface area is 118 Å². The fourth-order valence-corrected chi connectivity index (χ4v) is 2.43. The first-order chi connectivity index (χ1) is 9.73. The van der Waals surface area contributed by atoms with Gasteiger partial charge in [0, 0.05) is 6.61 Å². The largest absolute Gasteiger partial charge is 0.364 e. The Hall–Kier alpha value is -1.72. The van der Waals surface area contributed by atoms with Gasteiger partial charge in [0.2, 0.25) is 0 Å². The molecule has 0 aliphatic heterocycles. The summed E-state index contributed by atoms with van der Waals surface area (Å²) in [5, 5.41) is 4.05. The first-order valence-corrected chi connectivity index (χ1v) is 7.02. The van der Waals surface area contributed by atoms with Crippen LogP contribution < -0.4 is 5.73 Å². The van der Waals surface area contributed by atoms with Crippen LogP contribution in [0.2, 0.25) is 0 Å². The molecule has 20 heavy (non-hydrogen) atoms. The monoisotopic (exact) mass is 273 g/mol. The van der Waals surface area contributed by atoms with Gasteiger partial charge in [-0.15, -0.1) is 0 Å². The number of hydrogen-bond donors (Lipinski definition) is 1. The number of nitrogens with zero attached hydrogens (tertiary/aromatic N) is 2. The van der Waals surface area contributed by atoms with E-state index < -0.39 is 5.54 Å². The molecule has 106 valence electrons. The second kappa shape index (κ2) is 5.34. The predicted octanol–water partition coefficient (Wildman–Crippen LogP) is 2.53. The lowest BCUT2D eigenvalue weighted by molar-refractivity contribution is 0.0667. The minimum atomic E-state index is -0.408. The van der Waals surface area contributed by atoms with Crippen LogP contribution in [-0.4, -0.2) is 16.7 Å². The van der Waals surface area contributed by atoms with E-state index in [9.17, 15) is 0 Å². The van der Waals surface area contributed by atoms with Crippen molar-refractivity contribution in [1.29, 1.82) is 0 Å². The van der Waals surface area contributed by atoms with Crippen molar-refractivity contribution in [2.45, 2.75) is 37.8 Å². The molecule has 0 bridgehead atoms. The fraction of sp³-hybridized carbons (Fsp3) is 0.467. The highest BCUT2D eigenvalue weighted by Gasteiger charge is 2.39. The third-order valence-electron chi connectivity index (χ3n) is 3.79. The minimum absolute atomic E-state index is 0.328. The average Bonchev–Trinajstić information content (AvgIpc) is 2.93. The van der Waals surface area contributed by atoms with E-state index in [1.165, 1.54) is 0 Å². The Bertz CT molecular complexity index is 564. The normalized spacial score (nSPS) is 18.5. The molecule has 1 aromatic heterocycles. The summed E-state index contributed by atoms with van der Waals surface area (Å²) in [4.78, 5) is 4.47. The third-order valence-corrected chi connectivity index (χ3v) is 3.79. The summed E-state index contributed by atoms with van der Waals surface area (Å²) in [6, 6.07) is 9.89. The van der Waals surface area contributed by atoms with E-state index in [-0.39, 0.29) is 6.10 Å². The van der Waals surface area contributed by atoms with E-state index in [0.717, 1.165) is 24.8 Å². The molecule has 1 aliphatic rings. The van der Waals surface area contributed by atoms with E-state index in [4.69, 9.17) is 15.0 Å². The van der Waals surface area contributed by atoms with Crippen molar-refractivity contribution in [3.05, 3.63) is 47.6 Å². The molecule has 1 atom stereocenters. The quantitative estimate of drug-likeness (QED) is 0.906. The van der Waals surface area contributed by atoms with Gasteiger partial charge in [-0.25, -0.2) is 0 Å². The molecule has 5 heteroatoms. The summed E-state index contributed by atoms with van der Waals surface area (Å²) in [5.74, 6) is 1.07. The van der Waals surface area contributed by atoms with Crippen LogP contribution in [0.25, 0.3) is 0 Å². The average molecular weight is 273 g/mol. The SMILES string of the molecule is CCOC(c1ccccc1)c1nc(C2(N)CCC2)no1. The van der Waals surface area contributed by atoms with Crippen LogP contribution >= 0.6 is 0 Å². The molecule has 5 nitrogen and oxygen atoms in total. The van der Waals surface area contributed by atoms with Gasteiger partial charge in [0.25, 0.3) is 5.89 Å². The van der Waals surface area contributed by atoms with Gasteiger partial charge in [0.1, 0.15) is 0 Å². The molecule has 2 aromatic rings. The number of rotatable bonds is 5. The zero-order valence-electron chi connectivity index (χ0n) is 11.6. The smallest absolute Gasteiger partial charge is 0.260 e. The number of nitrogens with two attached hydrogens (primary N) is 1. The second-order valence-electron chi connectivity index (χ2n) is 5.21. The fourth-order valence-electron chi connectivity index (χ4n) is 2.43. The summed E-state index contributed by atoms with van der Waals surface area (Å²) in [6.45, 7) is 2.52. The Morgan fingerprint density at radius 1 is 1.35 bits per heavy atom. The van der Waals surface area contributed by atoms with Gasteiger partial charge in [0.05, 0.1) is 5.54 Å². The molecule has 2 N–H and O–H groups in total. The molecule has 1 aromatic carbocycles. The Kier molecular flexibility index (Phi) is 3.54. The molecule has 0 radical (unpaired) electrons. The van der Waals surface area contributed by atoms with E-state index in [1.807, 2.05) is 37.3 Å². The predicted molar refractivity (Wildman–Crippen MR) is 73.9 cm³/mol. The number of hydrogen-bond acceptors (Lipinski definition) is 5. The highest BCUT2D eigenvalue weighted by Crippen LogP contribution is 2.37. The number of ether oxygens (including phenoxy) is 1. The zero-order valence-corrected chi connectivity index (χ0v) is 11.6. The van der Waals surface area contributed by atoms with Crippen LogP contribution in [0.1, 0.15) is 49.6 Å². The van der Waals surface area contributed by atoms with Gasteiger partial charge in [0.15, 0.2) is 11.9 Å². The zero-order chi connectivity index (χ0) is 14.0. The van der Waals surface area contributed by atoms with Crippen LogP contribution in [-0.2, 0) is 10.3 Å². The summed E-state index contributed by atoms with van der Waals surface area (Å²) in [7, 11) is 0. The third kappa shape index (κ3) is 2.34. The van der Waals surface area contributed by atoms with Crippen molar-refractivity contribution in [3.63, 3.8) is 0 Å². The van der Waals surface area contributed by atoms with Crippen LogP contribution in [0, 0.1) is 0 Å². The topological polar surface area (TPSA) is 74.2 Å². The summed E-state index contributed by atoms with van der Waals surface area (Å²) in [5.41, 5.74) is 6.82. The van der Waals surface area contributed by atoms with Gasteiger partial charge in [-0.2, -0.15) is 4.98 Å². The standard InChI is InChI=1S/C15H19N3O2/c1-2-19-12(11-7-4-3-5-8-11)13-17-14(18-20-13)15(16)9-6-10-15/h3-5,7-8,12H,2,6,9-10,16H2,1H3. The van der Waals surface area contributed by atoms with Gasteiger partial charge >= 0.3 is 0 Å². The molecular formula is C15H19N3O2. The van der Waals surface area contributed by atoms with Gasteiger partial charge in [-0.3, -0.25) is 0 Å². The lowest BCUT2D eigenvalue weighted by Gasteiger charge is -2.34. The van der Waals surface area contributed by atoms with Gasteiger partial charge < -0.3 is 15.0 Å². The van der Waals surface area contributed by atoms with Crippen molar-refractivity contribution in [2.24, 2.45) is 5.73 Å². The van der Waals surface area contributed by atoms with Crippen molar-refractivity contribution >= 4 is 0 Å². The highest BCUT2D eigenvalue weighted by molar-refractivity contribution is 5.22. The summed E-state index contributed by atoms with van der Waals surface area (Å²) in [6.07, 6.45) is 2.62. The number of aromatic nitrogens is 2. The van der Waals surface area contributed by atoms with Crippen molar-refractivity contribution in [3.8, 4) is 0 Å². The molecule has 0 spiro atoms. The summed E-state index contributed by atoms with van der Waals surface area (Å²) >= 11 is 0. The minimum Gasteiger partial charge on any atom is -0.364 e. The first kappa shape index (κ1) is 13.3.